The van der Waals surface area contributed by atoms with Gasteiger partial charge < -0.3 is 0 Å². The van der Waals surface area contributed by atoms with E-state index >= 15 is 0 Å². The molecule has 0 spiro atoms. The molecule has 0 atom stereocenters. The minimum Gasteiger partial charge on any atom is -0.251 e. The molecule has 2 nitrogen and oxygen atoms in total. The Balaban J connectivity index is 3.80. The van der Waals surface area contributed by atoms with E-state index in [0.29, 0.717) is 5.71 Å². The van der Waals surface area contributed by atoms with E-state index in [4.69, 9.17) is 5.26 Å². The average Bonchev–Trinajstić information content (AvgIpc) is 1.68. The van der Waals surface area contributed by atoms with Crippen LogP contribution in [0.4, 0.5) is 0 Å². The van der Waals surface area contributed by atoms with Crippen LogP contribution in [0.2, 0.25) is 0 Å². The fourth-order valence-corrected chi connectivity index (χ4v) is 0.166. The highest BCUT2D eigenvalue weighted by Gasteiger charge is 1.75. The molecule has 0 aromatic heterocycles. The van der Waals surface area contributed by atoms with Crippen molar-refractivity contribution in [3.63, 3.8) is 0 Å². The first-order chi connectivity index (χ1) is 3.31. The monoisotopic (exact) mass is 94.1 g/mol. The number of rotatable bonds is 1. The third-order valence-corrected chi connectivity index (χ3v) is 0.447. The molecule has 0 aliphatic rings. The standard InChI is InChI=1S/C5H6N2/c1-3-7-5(2)4-6/h3H,1H2,2H3. The fourth-order valence-electron chi connectivity index (χ4n) is 0.166. The average molecular weight is 94.1 g/mol. The van der Waals surface area contributed by atoms with Crippen molar-refractivity contribution < 1.29 is 0 Å². The van der Waals surface area contributed by atoms with Gasteiger partial charge in [0.1, 0.15) is 11.8 Å². The zero-order valence-corrected chi connectivity index (χ0v) is 4.18. The third kappa shape index (κ3) is 2.71. The lowest BCUT2D eigenvalue weighted by Gasteiger charge is -1.72. The first-order valence-corrected chi connectivity index (χ1v) is 1.86. The molecule has 0 aromatic carbocycles. The van der Waals surface area contributed by atoms with Gasteiger partial charge in [0, 0.05) is 6.20 Å². The van der Waals surface area contributed by atoms with Crippen LogP contribution < -0.4 is 0 Å². The van der Waals surface area contributed by atoms with Crippen LogP contribution in [0.15, 0.2) is 17.8 Å². The van der Waals surface area contributed by atoms with Crippen molar-refractivity contribution in [1.82, 2.24) is 0 Å². The largest absolute Gasteiger partial charge is 0.251 e. The summed E-state index contributed by atoms with van der Waals surface area (Å²) in [5, 5.41) is 8.04. The zero-order chi connectivity index (χ0) is 5.70. The zero-order valence-electron chi connectivity index (χ0n) is 4.18. The Morgan fingerprint density at radius 1 is 2.00 bits per heavy atom. The molecule has 0 aliphatic carbocycles. The van der Waals surface area contributed by atoms with Crippen LogP contribution in [-0.2, 0) is 0 Å². The Morgan fingerprint density at radius 2 is 2.57 bits per heavy atom. The van der Waals surface area contributed by atoms with Crippen molar-refractivity contribution in [2.75, 3.05) is 0 Å². The molecule has 0 bridgehead atoms. The Morgan fingerprint density at radius 3 is 2.71 bits per heavy atom. The van der Waals surface area contributed by atoms with Gasteiger partial charge in [-0.2, -0.15) is 5.26 Å². The summed E-state index contributed by atoms with van der Waals surface area (Å²) in [5.74, 6) is 0. The van der Waals surface area contributed by atoms with Crippen LogP contribution in [0.1, 0.15) is 6.92 Å². The summed E-state index contributed by atoms with van der Waals surface area (Å²) >= 11 is 0. The van der Waals surface area contributed by atoms with Crippen molar-refractivity contribution in [3.05, 3.63) is 12.8 Å². The topological polar surface area (TPSA) is 36.1 Å². The normalized spacial score (nSPS) is 10.0. The minimum atomic E-state index is 0.440. The highest BCUT2D eigenvalue weighted by molar-refractivity contribution is 5.96. The van der Waals surface area contributed by atoms with Gasteiger partial charge in [0.2, 0.25) is 0 Å². The van der Waals surface area contributed by atoms with Gasteiger partial charge >= 0.3 is 0 Å². The molecular weight excluding hydrogens is 88.1 g/mol. The molecule has 0 unspecified atom stereocenters. The summed E-state index contributed by atoms with van der Waals surface area (Å²) in [7, 11) is 0. The van der Waals surface area contributed by atoms with Gasteiger partial charge in [-0.25, -0.2) is 0 Å². The molecule has 36 valence electrons. The third-order valence-electron chi connectivity index (χ3n) is 0.447. The molecule has 0 radical (unpaired) electrons. The molecule has 7 heavy (non-hydrogen) atoms. The van der Waals surface area contributed by atoms with E-state index in [9.17, 15) is 0 Å². The molecule has 0 heterocycles. The van der Waals surface area contributed by atoms with Gasteiger partial charge in [0.25, 0.3) is 0 Å². The molecule has 2 heteroatoms. The number of nitriles is 1. The number of aliphatic imine (C=N–C) groups is 1. The highest BCUT2D eigenvalue weighted by Crippen LogP contribution is 1.72. The van der Waals surface area contributed by atoms with Crippen molar-refractivity contribution >= 4 is 5.71 Å². The smallest absolute Gasteiger partial charge is 0.115 e. The molecule has 0 aromatic rings. The molecule has 0 aliphatic heterocycles. The number of nitrogens with zero attached hydrogens (tertiary/aromatic N) is 2. The molecule has 0 saturated heterocycles. The van der Waals surface area contributed by atoms with Gasteiger partial charge in [-0.15, -0.1) is 0 Å². The lowest BCUT2D eigenvalue weighted by Crippen LogP contribution is -1.78. The predicted molar refractivity (Wildman–Crippen MR) is 28.9 cm³/mol. The summed E-state index contributed by atoms with van der Waals surface area (Å²) in [5.41, 5.74) is 0.440. The first kappa shape index (κ1) is 5.90. The minimum absolute atomic E-state index is 0.440. The maximum Gasteiger partial charge on any atom is 0.115 e. The Bertz CT molecular complexity index is 128. The van der Waals surface area contributed by atoms with E-state index in [2.05, 4.69) is 11.6 Å². The second-order valence-corrected chi connectivity index (χ2v) is 1.01. The van der Waals surface area contributed by atoms with Gasteiger partial charge in [0.15, 0.2) is 0 Å². The van der Waals surface area contributed by atoms with Crippen LogP contribution in [0.25, 0.3) is 0 Å². The van der Waals surface area contributed by atoms with Gasteiger partial charge in [-0.1, -0.05) is 6.58 Å². The molecule has 0 fully saturated rings. The molecule has 0 N–H and O–H groups in total. The predicted octanol–water partition coefficient (Wildman–Crippen LogP) is 1.11. The van der Waals surface area contributed by atoms with E-state index in [1.807, 2.05) is 6.07 Å². The second kappa shape index (κ2) is 3.10. The first-order valence-electron chi connectivity index (χ1n) is 1.86. The summed E-state index contributed by atoms with van der Waals surface area (Å²) in [6, 6.07) is 1.84. The van der Waals surface area contributed by atoms with Gasteiger partial charge in [0.05, 0.1) is 0 Å². The Kier molecular flexibility index (Phi) is 2.62. The van der Waals surface area contributed by atoms with Gasteiger partial charge in [-0.05, 0) is 6.92 Å². The highest BCUT2D eigenvalue weighted by atomic mass is 14.7. The van der Waals surface area contributed by atoms with Crippen molar-refractivity contribution in [2.24, 2.45) is 4.99 Å². The molecule has 0 rings (SSSR count). The van der Waals surface area contributed by atoms with Gasteiger partial charge in [-0.3, -0.25) is 4.99 Å². The summed E-state index contributed by atoms with van der Waals surface area (Å²) < 4.78 is 0. The molecule has 0 saturated carbocycles. The molecular formula is C5H6N2. The van der Waals surface area contributed by atoms with E-state index in [1.165, 1.54) is 6.20 Å². The Labute approximate surface area is 42.8 Å². The SMILES string of the molecule is C=CN=C(C)C#N. The van der Waals surface area contributed by atoms with Crippen LogP contribution in [0, 0.1) is 11.3 Å². The lowest BCUT2D eigenvalue weighted by atomic mass is 10.5. The Hall–Kier alpha value is -1.10. The number of hydrogen-bond acceptors (Lipinski definition) is 2. The van der Waals surface area contributed by atoms with Crippen LogP contribution in [0.3, 0.4) is 0 Å². The maximum absolute atomic E-state index is 8.04. The van der Waals surface area contributed by atoms with Crippen LogP contribution in [-0.4, -0.2) is 5.71 Å². The van der Waals surface area contributed by atoms with E-state index < -0.39 is 0 Å². The maximum atomic E-state index is 8.04. The quantitative estimate of drug-likeness (QED) is 0.448. The van der Waals surface area contributed by atoms with E-state index in [1.54, 1.807) is 6.92 Å². The van der Waals surface area contributed by atoms with E-state index in [0.717, 1.165) is 0 Å². The van der Waals surface area contributed by atoms with Crippen LogP contribution >= 0.6 is 0 Å². The fraction of sp³-hybridized carbons (Fsp3) is 0.200. The second-order valence-electron chi connectivity index (χ2n) is 1.01. The summed E-state index contributed by atoms with van der Waals surface area (Å²) in [4.78, 5) is 3.56. The van der Waals surface area contributed by atoms with E-state index in [-0.39, 0.29) is 0 Å². The van der Waals surface area contributed by atoms with Crippen LogP contribution in [0.5, 0.6) is 0 Å². The summed E-state index contributed by atoms with van der Waals surface area (Å²) in [6.07, 6.45) is 1.35. The lowest BCUT2D eigenvalue weighted by molar-refractivity contribution is 1.50. The van der Waals surface area contributed by atoms with Crippen molar-refractivity contribution in [2.45, 2.75) is 6.92 Å². The summed E-state index contributed by atoms with van der Waals surface area (Å²) in [6.45, 7) is 4.94. The van der Waals surface area contributed by atoms with Crippen molar-refractivity contribution in [1.29, 1.82) is 5.26 Å². The number of hydrogen-bond donors (Lipinski definition) is 0. The van der Waals surface area contributed by atoms with Crippen molar-refractivity contribution in [3.8, 4) is 6.07 Å². The molecule has 0 amide bonds.